The number of hydrogen-bond donors (Lipinski definition) is 4. The molecule has 1 fully saturated rings. The highest BCUT2D eigenvalue weighted by Gasteiger charge is 2.23. The Morgan fingerprint density at radius 1 is 1.03 bits per heavy atom. The van der Waals surface area contributed by atoms with Crippen molar-refractivity contribution in [3.8, 4) is 5.69 Å². The van der Waals surface area contributed by atoms with Crippen LogP contribution in [0.15, 0.2) is 48.7 Å². The van der Waals surface area contributed by atoms with Crippen molar-refractivity contribution in [2.24, 2.45) is 0 Å². The average molecular weight is 513 g/mol. The second-order valence-electron chi connectivity index (χ2n) is 9.55. The fourth-order valence-corrected chi connectivity index (χ4v) is 5.03. The third kappa shape index (κ3) is 4.21. The Bertz CT molecular complexity index is 1670. The molecule has 0 spiro atoms. The van der Waals surface area contributed by atoms with Crippen LogP contribution in [0.4, 0.5) is 5.82 Å². The number of imidazole rings is 1. The number of nitrogens with two attached hydrogens (primary N) is 1. The number of nitrogens with zero attached hydrogens (tertiary/aromatic N) is 5. The summed E-state index contributed by atoms with van der Waals surface area (Å²) in [6, 6.07) is 12.8. The number of aliphatic hydroxyl groups excluding tert-OH is 1. The second kappa shape index (κ2) is 9.43. The molecular formula is C27H28N8O3. The number of ketones is 1. The van der Waals surface area contributed by atoms with Gasteiger partial charge in [-0.05, 0) is 49.4 Å². The maximum atomic E-state index is 13.4. The van der Waals surface area contributed by atoms with Crippen LogP contribution in [-0.4, -0.2) is 90.7 Å². The molecule has 1 aliphatic heterocycles. The average Bonchev–Trinajstić information content (AvgIpc) is 3.63. The second-order valence-corrected chi connectivity index (χ2v) is 9.55. The Morgan fingerprint density at radius 2 is 1.84 bits per heavy atom. The molecule has 5 N–H and O–H groups in total. The van der Waals surface area contributed by atoms with Crippen molar-refractivity contribution in [2.45, 2.75) is 6.92 Å². The maximum Gasteiger partial charge on any atom is 0.253 e. The summed E-state index contributed by atoms with van der Waals surface area (Å²) in [5.41, 5.74) is 10.8. The number of aliphatic hydroxyl groups is 1. The number of benzene rings is 2. The number of nitrogen functional groups attached to an aromatic ring is 1. The topological polar surface area (TPSA) is 149 Å². The first-order valence-corrected chi connectivity index (χ1v) is 12.5. The normalized spacial score (nSPS) is 14.5. The lowest BCUT2D eigenvalue weighted by Crippen LogP contribution is -2.49. The highest BCUT2D eigenvalue weighted by atomic mass is 16.3. The number of carbonyl (C=O) groups is 2. The summed E-state index contributed by atoms with van der Waals surface area (Å²) in [4.78, 5) is 41.2. The van der Waals surface area contributed by atoms with Gasteiger partial charge in [0.2, 0.25) is 5.78 Å². The molecule has 5 aromatic rings. The van der Waals surface area contributed by atoms with E-state index in [1.54, 1.807) is 18.2 Å². The molecule has 11 nitrogen and oxygen atoms in total. The van der Waals surface area contributed by atoms with E-state index in [0.29, 0.717) is 30.9 Å². The Morgan fingerprint density at radius 3 is 2.63 bits per heavy atom. The third-order valence-electron chi connectivity index (χ3n) is 7.07. The number of β-amino-alcohol motifs (C(OH)–C–C–N with tert-alkyl or cyclic N) is 1. The number of rotatable bonds is 6. The van der Waals surface area contributed by atoms with Crippen LogP contribution >= 0.6 is 0 Å². The maximum absolute atomic E-state index is 13.4. The molecule has 0 aliphatic carbocycles. The number of nitrogens with one attached hydrogen (secondary N) is 2. The zero-order valence-electron chi connectivity index (χ0n) is 20.9. The van der Waals surface area contributed by atoms with Crippen molar-refractivity contribution < 1.29 is 14.7 Å². The van der Waals surface area contributed by atoms with Crippen LogP contribution in [0.25, 0.3) is 27.6 Å². The summed E-state index contributed by atoms with van der Waals surface area (Å²) in [7, 11) is 0. The van der Waals surface area contributed by atoms with Gasteiger partial charge in [-0.25, -0.2) is 9.67 Å². The zero-order chi connectivity index (χ0) is 26.4. The molecule has 0 unspecified atom stereocenters. The number of H-pyrrole nitrogens is 2. The molecule has 0 saturated carbocycles. The predicted molar refractivity (Wildman–Crippen MR) is 144 cm³/mol. The van der Waals surface area contributed by atoms with Crippen LogP contribution in [0.2, 0.25) is 0 Å². The van der Waals surface area contributed by atoms with Crippen LogP contribution in [0.5, 0.6) is 0 Å². The van der Waals surface area contributed by atoms with E-state index in [0.717, 1.165) is 46.5 Å². The van der Waals surface area contributed by atoms with Gasteiger partial charge in [0.15, 0.2) is 0 Å². The van der Waals surface area contributed by atoms with Gasteiger partial charge in [0.25, 0.3) is 5.91 Å². The lowest BCUT2D eigenvalue weighted by Gasteiger charge is -2.34. The molecule has 1 amide bonds. The highest BCUT2D eigenvalue weighted by molar-refractivity contribution is 6.13. The van der Waals surface area contributed by atoms with E-state index in [2.05, 4.69) is 25.0 Å². The minimum atomic E-state index is -0.281. The Balaban J connectivity index is 1.23. The molecular weight excluding hydrogens is 484 g/mol. The summed E-state index contributed by atoms with van der Waals surface area (Å²) >= 11 is 0. The van der Waals surface area contributed by atoms with E-state index in [9.17, 15) is 9.59 Å². The number of anilines is 1. The van der Waals surface area contributed by atoms with E-state index in [4.69, 9.17) is 10.8 Å². The number of aromatic amines is 2. The lowest BCUT2D eigenvalue weighted by molar-refractivity contribution is 0.0615. The number of aromatic nitrogens is 5. The van der Waals surface area contributed by atoms with Crippen molar-refractivity contribution in [3.05, 3.63) is 71.3 Å². The molecule has 1 aliphatic rings. The van der Waals surface area contributed by atoms with Crippen LogP contribution < -0.4 is 5.73 Å². The summed E-state index contributed by atoms with van der Waals surface area (Å²) in [6.07, 6.45) is 1.47. The predicted octanol–water partition coefficient (Wildman–Crippen LogP) is 2.10. The summed E-state index contributed by atoms with van der Waals surface area (Å²) in [6.45, 7) is 5.33. The Hall–Kier alpha value is -4.48. The summed E-state index contributed by atoms with van der Waals surface area (Å²) in [5, 5.41) is 14.3. The SMILES string of the molecule is Cc1nc2ccc(-n3ncc(C(=O)c4cc5cc(C(=O)N6CCN(CCO)CC6)ccc5[nH]4)c3N)cc2[nH]1. The minimum Gasteiger partial charge on any atom is -0.395 e. The van der Waals surface area contributed by atoms with E-state index in [1.807, 2.05) is 36.1 Å². The zero-order valence-corrected chi connectivity index (χ0v) is 20.9. The first kappa shape index (κ1) is 23.9. The molecule has 38 heavy (non-hydrogen) atoms. The standard InChI is InChI=1S/C27H28N8O3/c1-16-30-22-5-3-19(14-23(22)31-16)35-26(28)20(15-29-35)25(37)24-13-18-12-17(2-4-21(18)32-24)27(38)34-8-6-33(7-9-34)10-11-36/h2-5,12-15,32,36H,6-11,28H2,1H3,(H,30,31). The minimum absolute atomic E-state index is 0.0421. The fourth-order valence-electron chi connectivity index (χ4n) is 5.03. The van der Waals surface area contributed by atoms with Crippen LogP contribution in [0.3, 0.4) is 0 Å². The number of fused-ring (bicyclic) bond motifs is 2. The van der Waals surface area contributed by atoms with Gasteiger partial charge in [-0.3, -0.25) is 14.5 Å². The van der Waals surface area contributed by atoms with E-state index in [1.165, 1.54) is 10.9 Å². The van der Waals surface area contributed by atoms with Gasteiger partial charge in [0, 0.05) is 49.2 Å². The van der Waals surface area contributed by atoms with Crippen molar-refractivity contribution in [3.63, 3.8) is 0 Å². The Labute approximate surface area is 217 Å². The largest absolute Gasteiger partial charge is 0.395 e. The molecule has 2 aromatic carbocycles. The quantitative estimate of drug-likeness (QED) is 0.255. The van der Waals surface area contributed by atoms with Crippen molar-refractivity contribution >= 4 is 39.4 Å². The third-order valence-corrected chi connectivity index (χ3v) is 7.07. The van der Waals surface area contributed by atoms with Gasteiger partial charge >= 0.3 is 0 Å². The van der Waals surface area contributed by atoms with Crippen LogP contribution in [0.1, 0.15) is 32.2 Å². The van der Waals surface area contributed by atoms with Crippen LogP contribution in [0, 0.1) is 6.92 Å². The number of piperazine rings is 1. The van der Waals surface area contributed by atoms with Crippen LogP contribution in [-0.2, 0) is 0 Å². The monoisotopic (exact) mass is 512 g/mol. The van der Waals surface area contributed by atoms with Crippen molar-refractivity contribution in [1.29, 1.82) is 0 Å². The summed E-state index contributed by atoms with van der Waals surface area (Å²) in [5.74, 6) is 0.724. The number of aryl methyl sites for hydroxylation is 1. The number of carbonyl (C=O) groups excluding carboxylic acids is 2. The first-order chi connectivity index (χ1) is 18.4. The van der Waals surface area contributed by atoms with E-state index >= 15 is 0 Å². The van der Waals surface area contributed by atoms with Gasteiger partial charge in [-0.1, -0.05) is 0 Å². The molecule has 11 heteroatoms. The Kier molecular flexibility index (Phi) is 5.93. The highest BCUT2D eigenvalue weighted by Crippen LogP contribution is 2.25. The van der Waals surface area contributed by atoms with Gasteiger partial charge in [0.05, 0.1) is 40.8 Å². The molecule has 0 bridgehead atoms. The molecule has 0 radical (unpaired) electrons. The molecule has 3 aromatic heterocycles. The van der Waals surface area contributed by atoms with Gasteiger partial charge in [-0.2, -0.15) is 5.10 Å². The molecule has 0 atom stereocenters. The van der Waals surface area contributed by atoms with Gasteiger partial charge in [-0.15, -0.1) is 0 Å². The van der Waals surface area contributed by atoms with Crippen molar-refractivity contribution in [2.75, 3.05) is 45.1 Å². The van der Waals surface area contributed by atoms with E-state index < -0.39 is 0 Å². The van der Waals surface area contributed by atoms with Gasteiger partial charge in [0.1, 0.15) is 11.6 Å². The lowest BCUT2D eigenvalue weighted by atomic mass is 10.1. The van der Waals surface area contributed by atoms with Gasteiger partial charge < -0.3 is 25.7 Å². The molecule has 1 saturated heterocycles. The van der Waals surface area contributed by atoms with E-state index in [-0.39, 0.29) is 29.7 Å². The summed E-state index contributed by atoms with van der Waals surface area (Å²) < 4.78 is 1.53. The number of hydrogen-bond acceptors (Lipinski definition) is 7. The molecule has 4 heterocycles. The molecule has 6 rings (SSSR count). The fraction of sp³-hybridized carbons (Fsp3) is 0.259. The first-order valence-electron chi connectivity index (χ1n) is 12.5. The smallest absolute Gasteiger partial charge is 0.253 e. The number of amides is 1. The van der Waals surface area contributed by atoms with Crippen molar-refractivity contribution in [1.82, 2.24) is 34.5 Å². The molecule has 194 valence electrons.